The second-order valence-corrected chi connectivity index (χ2v) is 4.30. The topological polar surface area (TPSA) is 18.5 Å². The number of aryl methyl sites for hydroxylation is 1. The minimum absolute atomic E-state index is 0.0201. The van der Waals surface area contributed by atoms with Crippen LogP contribution in [0.1, 0.15) is 25.0 Å². The number of benzene rings is 1. The molecule has 1 aliphatic rings. The second-order valence-electron chi connectivity index (χ2n) is 4.30. The van der Waals surface area contributed by atoms with E-state index in [4.69, 9.17) is 9.47 Å². The number of ether oxygens (including phenoxy) is 2. The Balaban J connectivity index is 2.50. The molecule has 0 saturated heterocycles. The number of fused-ring (bicyclic) bond motifs is 1. The van der Waals surface area contributed by atoms with Crippen LogP contribution in [-0.2, 0) is 5.92 Å². The molecule has 0 unspecified atom stereocenters. The predicted octanol–water partition coefficient (Wildman–Crippen LogP) is 3.47. The summed E-state index contributed by atoms with van der Waals surface area (Å²) in [5, 5.41) is 0. The van der Waals surface area contributed by atoms with Gasteiger partial charge in [-0.15, -0.1) is 0 Å². The van der Waals surface area contributed by atoms with Gasteiger partial charge in [-0.2, -0.15) is 0 Å². The summed E-state index contributed by atoms with van der Waals surface area (Å²) < 4.78 is 38.1. The summed E-state index contributed by atoms with van der Waals surface area (Å²) in [6, 6.07) is 2.99. The molecular weight excluding hydrogens is 214 g/mol. The predicted molar refractivity (Wildman–Crippen MR) is 56.0 cm³/mol. The largest absolute Gasteiger partial charge is 0.454 e. The van der Waals surface area contributed by atoms with Gasteiger partial charge in [0.25, 0.3) is 5.92 Å². The van der Waals surface area contributed by atoms with Crippen molar-refractivity contribution in [2.24, 2.45) is 5.92 Å². The fourth-order valence-corrected chi connectivity index (χ4v) is 1.71. The first-order valence-electron chi connectivity index (χ1n) is 5.21. The molecule has 1 aromatic rings. The van der Waals surface area contributed by atoms with Crippen LogP contribution in [0.15, 0.2) is 12.1 Å². The van der Waals surface area contributed by atoms with Gasteiger partial charge in [-0.1, -0.05) is 13.8 Å². The SMILES string of the molecule is Cc1cc2c(cc1C(F)(F)C(C)C)OCO2. The molecule has 2 rings (SSSR count). The van der Waals surface area contributed by atoms with Crippen molar-refractivity contribution in [2.45, 2.75) is 26.7 Å². The maximum atomic E-state index is 13.9. The highest BCUT2D eigenvalue weighted by molar-refractivity contribution is 5.49. The van der Waals surface area contributed by atoms with Crippen LogP contribution in [-0.4, -0.2) is 6.79 Å². The highest BCUT2D eigenvalue weighted by Gasteiger charge is 2.38. The van der Waals surface area contributed by atoms with Gasteiger partial charge in [-0.25, -0.2) is 8.78 Å². The van der Waals surface area contributed by atoms with Gasteiger partial charge in [0.15, 0.2) is 11.5 Å². The van der Waals surface area contributed by atoms with E-state index in [2.05, 4.69) is 0 Å². The van der Waals surface area contributed by atoms with Crippen molar-refractivity contribution in [3.05, 3.63) is 23.3 Å². The molecule has 1 aromatic carbocycles. The van der Waals surface area contributed by atoms with Crippen molar-refractivity contribution in [3.63, 3.8) is 0 Å². The van der Waals surface area contributed by atoms with E-state index in [-0.39, 0.29) is 12.4 Å². The van der Waals surface area contributed by atoms with Crippen LogP contribution in [0.2, 0.25) is 0 Å². The van der Waals surface area contributed by atoms with E-state index in [0.29, 0.717) is 17.1 Å². The first-order chi connectivity index (χ1) is 7.43. The number of halogens is 2. The summed E-state index contributed by atoms with van der Waals surface area (Å²) in [5.41, 5.74) is 0.551. The maximum Gasteiger partial charge on any atom is 0.275 e. The van der Waals surface area contributed by atoms with Gasteiger partial charge in [0, 0.05) is 11.5 Å². The lowest BCUT2D eigenvalue weighted by atomic mass is 9.94. The highest BCUT2D eigenvalue weighted by atomic mass is 19.3. The van der Waals surface area contributed by atoms with Gasteiger partial charge in [0.2, 0.25) is 6.79 Å². The van der Waals surface area contributed by atoms with Crippen LogP contribution in [0.3, 0.4) is 0 Å². The fraction of sp³-hybridized carbons (Fsp3) is 0.500. The zero-order chi connectivity index (χ0) is 11.9. The molecule has 0 N–H and O–H groups in total. The summed E-state index contributed by atoms with van der Waals surface area (Å²) in [6.45, 7) is 4.77. The third-order valence-corrected chi connectivity index (χ3v) is 2.80. The van der Waals surface area contributed by atoms with Gasteiger partial charge < -0.3 is 9.47 Å². The van der Waals surface area contributed by atoms with Crippen LogP contribution in [0.5, 0.6) is 11.5 Å². The van der Waals surface area contributed by atoms with Gasteiger partial charge in [-0.05, 0) is 24.6 Å². The van der Waals surface area contributed by atoms with E-state index in [0.717, 1.165) is 0 Å². The molecule has 0 aliphatic carbocycles. The Hall–Kier alpha value is -1.32. The van der Waals surface area contributed by atoms with Gasteiger partial charge in [0.05, 0.1) is 0 Å². The molecular formula is C12H14F2O2. The van der Waals surface area contributed by atoms with Crippen molar-refractivity contribution < 1.29 is 18.3 Å². The van der Waals surface area contributed by atoms with Gasteiger partial charge in [0.1, 0.15) is 0 Å². The van der Waals surface area contributed by atoms with Crippen molar-refractivity contribution in [1.29, 1.82) is 0 Å². The van der Waals surface area contributed by atoms with E-state index < -0.39 is 11.8 Å². The smallest absolute Gasteiger partial charge is 0.275 e. The summed E-state index contributed by atoms with van der Waals surface area (Å²) in [6.07, 6.45) is 0. The summed E-state index contributed by atoms with van der Waals surface area (Å²) >= 11 is 0. The molecule has 1 aliphatic heterocycles. The minimum Gasteiger partial charge on any atom is -0.454 e. The van der Waals surface area contributed by atoms with Crippen LogP contribution in [0.4, 0.5) is 8.78 Å². The standard InChI is InChI=1S/C12H14F2O2/c1-7(2)12(13,14)9-5-11-10(4-8(9)3)15-6-16-11/h4-5,7H,6H2,1-3H3. The van der Waals surface area contributed by atoms with Crippen LogP contribution >= 0.6 is 0 Å². The molecule has 0 spiro atoms. The monoisotopic (exact) mass is 228 g/mol. The third-order valence-electron chi connectivity index (χ3n) is 2.80. The lowest BCUT2D eigenvalue weighted by molar-refractivity contribution is -0.0520. The van der Waals surface area contributed by atoms with Crippen molar-refractivity contribution in [2.75, 3.05) is 6.79 Å². The van der Waals surface area contributed by atoms with Crippen LogP contribution < -0.4 is 9.47 Å². The fourth-order valence-electron chi connectivity index (χ4n) is 1.71. The molecule has 0 atom stereocenters. The Morgan fingerprint density at radius 1 is 1.19 bits per heavy atom. The average molecular weight is 228 g/mol. The Morgan fingerprint density at radius 2 is 1.75 bits per heavy atom. The highest BCUT2D eigenvalue weighted by Crippen LogP contribution is 2.43. The number of rotatable bonds is 2. The average Bonchev–Trinajstić information content (AvgIpc) is 2.62. The van der Waals surface area contributed by atoms with E-state index in [1.165, 1.54) is 19.9 Å². The molecule has 0 amide bonds. The van der Waals surface area contributed by atoms with Crippen LogP contribution in [0, 0.1) is 12.8 Å². The zero-order valence-electron chi connectivity index (χ0n) is 9.51. The molecule has 4 heteroatoms. The number of hydrogen-bond donors (Lipinski definition) is 0. The lowest BCUT2D eigenvalue weighted by Gasteiger charge is -2.22. The Morgan fingerprint density at radius 3 is 2.31 bits per heavy atom. The molecule has 0 fully saturated rings. The summed E-state index contributed by atoms with van der Waals surface area (Å²) in [7, 11) is 0. The van der Waals surface area contributed by atoms with Crippen LogP contribution in [0.25, 0.3) is 0 Å². The molecule has 16 heavy (non-hydrogen) atoms. The molecule has 0 radical (unpaired) electrons. The van der Waals surface area contributed by atoms with Gasteiger partial charge >= 0.3 is 0 Å². The third kappa shape index (κ3) is 1.62. The maximum absolute atomic E-state index is 13.9. The van der Waals surface area contributed by atoms with E-state index in [1.807, 2.05) is 0 Å². The van der Waals surface area contributed by atoms with E-state index in [9.17, 15) is 8.78 Å². The number of hydrogen-bond acceptors (Lipinski definition) is 2. The van der Waals surface area contributed by atoms with Crippen molar-refractivity contribution >= 4 is 0 Å². The van der Waals surface area contributed by atoms with Crippen molar-refractivity contribution in [3.8, 4) is 11.5 Å². The van der Waals surface area contributed by atoms with Crippen molar-refractivity contribution in [1.82, 2.24) is 0 Å². The molecule has 0 aromatic heterocycles. The Labute approximate surface area is 93.2 Å². The first-order valence-corrected chi connectivity index (χ1v) is 5.21. The Bertz CT molecular complexity index is 414. The molecule has 0 saturated carbocycles. The van der Waals surface area contributed by atoms with Gasteiger partial charge in [-0.3, -0.25) is 0 Å². The minimum atomic E-state index is -2.84. The second kappa shape index (κ2) is 3.61. The van der Waals surface area contributed by atoms with E-state index in [1.54, 1.807) is 13.0 Å². The van der Waals surface area contributed by atoms with E-state index >= 15 is 0 Å². The Kier molecular flexibility index (Phi) is 2.52. The molecule has 2 nitrogen and oxygen atoms in total. The number of alkyl halides is 2. The summed E-state index contributed by atoms with van der Waals surface area (Å²) in [5.74, 6) is -2.64. The normalized spacial score (nSPS) is 14.6. The molecule has 0 bridgehead atoms. The first kappa shape index (κ1) is 11.2. The quantitative estimate of drug-likeness (QED) is 0.771. The lowest BCUT2D eigenvalue weighted by Crippen LogP contribution is -2.22. The summed E-state index contributed by atoms with van der Waals surface area (Å²) in [4.78, 5) is 0. The molecule has 1 heterocycles. The zero-order valence-corrected chi connectivity index (χ0v) is 9.51. The molecule has 88 valence electrons.